The molecule has 0 bridgehead atoms. The van der Waals surface area contributed by atoms with E-state index in [0.29, 0.717) is 11.5 Å². The Balaban J connectivity index is 1.60. The zero-order valence-electron chi connectivity index (χ0n) is 15.7. The summed E-state index contributed by atoms with van der Waals surface area (Å²) in [6.07, 6.45) is 11.0. The molecule has 1 aliphatic rings. The first-order valence-electron chi connectivity index (χ1n) is 10.1. The first-order valence-corrected chi connectivity index (χ1v) is 10.1. The molecule has 1 saturated carbocycles. The standard InChI is InChI=1S/C23H29NO2/c1-2-3-4-5-6-12-19-14-10-17-22(19)24-26-23(25)21-16-9-13-18-11-7-8-15-20(18)21/h7-9,11,13,15-16,19H,2-6,10,12,14,17H2,1H3/b24-22-. The minimum atomic E-state index is -0.358. The topological polar surface area (TPSA) is 38.7 Å². The molecule has 3 nitrogen and oxygen atoms in total. The highest BCUT2D eigenvalue weighted by Crippen LogP contribution is 2.28. The zero-order valence-corrected chi connectivity index (χ0v) is 15.7. The smallest absolute Gasteiger partial charge is 0.313 e. The summed E-state index contributed by atoms with van der Waals surface area (Å²) in [5.74, 6) is 0.139. The van der Waals surface area contributed by atoms with Crippen LogP contribution in [-0.4, -0.2) is 11.7 Å². The van der Waals surface area contributed by atoms with Crippen molar-refractivity contribution in [3.05, 3.63) is 48.0 Å². The van der Waals surface area contributed by atoms with E-state index in [2.05, 4.69) is 12.1 Å². The van der Waals surface area contributed by atoms with Crippen molar-refractivity contribution in [2.75, 3.05) is 0 Å². The van der Waals surface area contributed by atoms with Gasteiger partial charge in [-0.05, 0) is 42.5 Å². The maximum atomic E-state index is 12.5. The van der Waals surface area contributed by atoms with Gasteiger partial charge in [-0.1, -0.05) is 80.6 Å². The summed E-state index contributed by atoms with van der Waals surface area (Å²) in [6.45, 7) is 2.24. The molecule has 2 aromatic carbocycles. The third-order valence-electron chi connectivity index (χ3n) is 5.37. The molecule has 0 amide bonds. The number of hydrogen-bond donors (Lipinski definition) is 0. The van der Waals surface area contributed by atoms with E-state index < -0.39 is 0 Å². The van der Waals surface area contributed by atoms with Crippen LogP contribution >= 0.6 is 0 Å². The van der Waals surface area contributed by atoms with Gasteiger partial charge in [0.2, 0.25) is 0 Å². The van der Waals surface area contributed by atoms with Gasteiger partial charge in [-0.15, -0.1) is 0 Å². The lowest BCUT2D eigenvalue weighted by atomic mass is 9.98. The summed E-state index contributed by atoms with van der Waals surface area (Å²) in [5.41, 5.74) is 1.66. The number of unbranched alkanes of at least 4 members (excludes halogenated alkanes) is 4. The Bertz CT molecular complexity index is 760. The van der Waals surface area contributed by atoms with Gasteiger partial charge >= 0.3 is 5.97 Å². The number of carbonyl (C=O) groups is 1. The van der Waals surface area contributed by atoms with Crippen LogP contribution in [0.25, 0.3) is 10.8 Å². The van der Waals surface area contributed by atoms with Crippen LogP contribution in [0, 0.1) is 5.92 Å². The van der Waals surface area contributed by atoms with Crippen molar-refractivity contribution in [1.82, 2.24) is 0 Å². The largest absolute Gasteiger partial charge is 0.366 e. The fourth-order valence-electron chi connectivity index (χ4n) is 3.88. The molecule has 1 atom stereocenters. The van der Waals surface area contributed by atoms with Crippen LogP contribution in [0.1, 0.15) is 75.1 Å². The highest BCUT2D eigenvalue weighted by molar-refractivity contribution is 6.04. The van der Waals surface area contributed by atoms with Crippen LogP contribution in [0.15, 0.2) is 47.6 Å². The van der Waals surface area contributed by atoms with E-state index in [1.54, 1.807) is 0 Å². The van der Waals surface area contributed by atoms with Gasteiger partial charge in [-0.25, -0.2) is 4.79 Å². The summed E-state index contributed by atoms with van der Waals surface area (Å²) in [6, 6.07) is 13.6. The fourth-order valence-corrected chi connectivity index (χ4v) is 3.88. The van der Waals surface area contributed by atoms with Gasteiger partial charge in [0, 0.05) is 5.92 Å². The molecular weight excluding hydrogens is 322 g/mol. The number of carbonyl (C=O) groups excluding carboxylic acids is 1. The second-order valence-electron chi connectivity index (χ2n) is 7.28. The Morgan fingerprint density at radius 2 is 1.88 bits per heavy atom. The van der Waals surface area contributed by atoms with Gasteiger partial charge in [0.05, 0.1) is 11.3 Å². The van der Waals surface area contributed by atoms with Crippen molar-refractivity contribution in [1.29, 1.82) is 0 Å². The molecule has 3 rings (SSSR count). The minimum Gasteiger partial charge on any atom is -0.313 e. The van der Waals surface area contributed by atoms with E-state index in [4.69, 9.17) is 4.84 Å². The number of nitrogens with zero attached hydrogens (tertiary/aromatic N) is 1. The van der Waals surface area contributed by atoms with Crippen molar-refractivity contribution in [3.63, 3.8) is 0 Å². The Hall–Kier alpha value is -2.16. The van der Waals surface area contributed by atoms with Crippen LogP contribution in [0.5, 0.6) is 0 Å². The number of hydrogen-bond acceptors (Lipinski definition) is 3. The second-order valence-corrected chi connectivity index (χ2v) is 7.28. The average Bonchev–Trinajstić information content (AvgIpc) is 3.13. The molecule has 1 aliphatic carbocycles. The van der Waals surface area contributed by atoms with Crippen molar-refractivity contribution in [2.45, 2.75) is 64.7 Å². The molecule has 1 fully saturated rings. The van der Waals surface area contributed by atoms with Gasteiger partial charge in [-0.3, -0.25) is 0 Å². The van der Waals surface area contributed by atoms with Gasteiger partial charge in [-0.2, -0.15) is 0 Å². The van der Waals surface area contributed by atoms with Crippen LogP contribution in [0.4, 0.5) is 0 Å². The number of oxime groups is 1. The molecule has 0 spiro atoms. The molecule has 0 N–H and O–H groups in total. The van der Waals surface area contributed by atoms with Crippen LogP contribution in [0.2, 0.25) is 0 Å². The van der Waals surface area contributed by atoms with E-state index in [0.717, 1.165) is 29.3 Å². The van der Waals surface area contributed by atoms with E-state index in [9.17, 15) is 4.79 Å². The van der Waals surface area contributed by atoms with E-state index in [-0.39, 0.29) is 5.97 Å². The summed E-state index contributed by atoms with van der Waals surface area (Å²) in [5, 5.41) is 6.23. The van der Waals surface area contributed by atoms with Crippen LogP contribution in [0.3, 0.4) is 0 Å². The average molecular weight is 351 g/mol. The first-order chi connectivity index (χ1) is 12.8. The Labute approximate surface area is 156 Å². The monoisotopic (exact) mass is 351 g/mol. The second kappa shape index (κ2) is 9.51. The van der Waals surface area contributed by atoms with Crippen LogP contribution in [-0.2, 0) is 4.84 Å². The molecule has 2 aromatic rings. The third-order valence-corrected chi connectivity index (χ3v) is 5.37. The van der Waals surface area contributed by atoms with Gasteiger partial charge in [0.1, 0.15) is 0 Å². The molecule has 0 radical (unpaired) electrons. The van der Waals surface area contributed by atoms with Gasteiger partial charge in [0.15, 0.2) is 0 Å². The summed E-state index contributed by atoms with van der Waals surface area (Å²) < 4.78 is 0. The quantitative estimate of drug-likeness (QED) is 0.309. The van der Waals surface area contributed by atoms with Crippen LogP contribution < -0.4 is 0 Å². The molecule has 1 unspecified atom stereocenters. The van der Waals surface area contributed by atoms with Gasteiger partial charge < -0.3 is 4.84 Å². The molecule has 3 heteroatoms. The number of benzene rings is 2. The van der Waals surface area contributed by atoms with Crippen molar-refractivity contribution in [3.8, 4) is 0 Å². The Morgan fingerprint density at radius 1 is 1.08 bits per heavy atom. The zero-order chi connectivity index (χ0) is 18.2. The molecule has 0 saturated heterocycles. The fraction of sp³-hybridized carbons (Fsp3) is 0.478. The molecular formula is C23H29NO2. The van der Waals surface area contributed by atoms with Gasteiger partial charge in [0.25, 0.3) is 0 Å². The predicted octanol–water partition coefficient (Wildman–Crippen LogP) is 6.51. The Kier molecular flexibility index (Phi) is 6.82. The lowest BCUT2D eigenvalue weighted by molar-refractivity contribution is 0.0516. The maximum absolute atomic E-state index is 12.5. The lowest BCUT2D eigenvalue weighted by Crippen LogP contribution is -2.10. The molecule has 138 valence electrons. The number of rotatable bonds is 8. The molecule has 26 heavy (non-hydrogen) atoms. The summed E-state index contributed by atoms with van der Waals surface area (Å²) >= 11 is 0. The summed E-state index contributed by atoms with van der Waals surface area (Å²) in [7, 11) is 0. The highest BCUT2D eigenvalue weighted by atomic mass is 16.7. The normalized spacial score (nSPS) is 18.5. The molecule has 0 aromatic heterocycles. The SMILES string of the molecule is CCCCCCCC1CCC/C1=N/OC(=O)c1cccc2ccccc12. The Morgan fingerprint density at radius 3 is 2.77 bits per heavy atom. The molecule has 0 heterocycles. The number of fused-ring (bicyclic) bond motifs is 1. The van der Waals surface area contributed by atoms with E-state index in [1.165, 1.54) is 44.9 Å². The minimum absolute atomic E-state index is 0.358. The third kappa shape index (κ3) is 4.72. The van der Waals surface area contributed by atoms with Crippen molar-refractivity contribution >= 4 is 22.5 Å². The van der Waals surface area contributed by atoms with Crippen molar-refractivity contribution in [2.24, 2.45) is 11.1 Å². The summed E-state index contributed by atoms with van der Waals surface area (Å²) in [4.78, 5) is 17.9. The van der Waals surface area contributed by atoms with Crippen molar-refractivity contribution < 1.29 is 9.63 Å². The predicted molar refractivity (Wildman–Crippen MR) is 108 cm³/mol. The maximum Gasteiger partial charge on any atom is 0.366 e. The lowest BCUT2D eigenvalue weighted by Gasteiger charge is -2.10. The van der Waals surface area contributed by atoms with E-state index in [1.807, 2.05) is 42.5 Å². The molecule has 0 aliphatic heterocycles. The van der Waals surface area contributed by atoms with E-state index >= 15 is 0 Å². The first kappa shape index (κ1) is 18.6. The highest BCUT2D eigenvalue weighted by Gasteiger charge is 2.23.